The van der Waals surface area contributed by atoms with Crippen molar-refractivity contribution in [1.29, 1.82) is 0 Å². The minimum absolute atomic E-state index is 0.151. The number of rotatable bonds is 2. The van der Waals surface area contributed by atoms with Gasteiger partial charge in [-0.3, -0.25) is 4.79 Å². The molecule has 76 valence electrons. The first-order valence-corrected chi connectivity index (χ1v) is 5.97. The van der Waals surface area contributed by atoms with E-state index in [1.54, 1.807) is 6.07 Å². The quantitative estimate of drug-likeness (QED) is 0.790. The first-order valence-electron chi connectivity index (χ1n) is 4.77. The van der Waals surface area contributed by atoms with Gasteiger partial charge in [0.25, 0.3) is 0 Å². The lowest BCUT2D eigenvalue weighted by Gasteiger charge is -2.20. The molecule has 1 aliphatic heterocycles. The molecule has 1 N–H and O–H groups in total. The first-order chi connectivity index (χ1) is 6.77. The van der Waals surface area contributed by atoms with Crippen molar-refractivity contribution in [3.63, 3.8) is 0 Å². The molecule has 0 aromatic carbocycles. The highest BCUT2D eigenvalue weighted by Gasteiger charge is 2.23. The highest BCUT2D eigenvalue weighted by molar-refractivity contribution is 7.18. The number of carbonyl (C=O) groups is 1. The van der Waals surface area contributed by atoms with Crippen molar-refractivity contribution in [2.24, 2.45) is 5.92 Å². The fourth-order valence-corrected chi connectivity index (χ4v) is 2.79. The molecule has 1 atom stereocenters. The van der Waals surface area contributed by atoms with E-state index in [1.165, 1.54) is 11.3 Å². The van der Waals surface area contributed by atoms with Crippen LogP contribution in [0.2, 0.25) is 4.34 Å². The standard InChI is InChI=1S/C10H12ClNOS/c11-9-4-3-8(14-9)10(13)7-2-1-5-12-6-7/h3-4,7,12H,1-2,5-6H2. The molecule has 0 saturated carbocycles. The van der Waals surface area contributed by atoms with Crippen LogP contribution >= 0.6 is 22.9 Å². The summed E-state index contributed by atoms with van der Waals surface area (Å²) in [4.78, 5) is 12.7. The van der Waals surface area contributed by atoms with Crippen LogP contribution in [0, 0.1) is 5.92 Å². The average molecular weight is 230 g/mol. The number of ketones is 1. The van der Waals surface area contributed by atoms with Gasteiger partial charge in [0.05, 0.1) is 9.21 Å². The van der Waals surface area contributed by atoms with E-state index in [-0.39, 0.29) is 11.7 Å². The fourth-order valence-electron chi connectivity index (χ4n) is 1.72. The summed E-state index contributed by atoms with van der Waals surface area (Å²) in [5.74, 6) is 0.396. The molecular formula is C10H12ClNOS. The van der Waals surface area contributed by atoms with E-state index in [9.17, 15) is 4.79 Å². The van der Waals surface area contributed by atoms with E-state index in [0.717, 1.165) is 30.8 Å². The Kier molecular flexibility index (Phi) is 3.21. The summed E-state index contributed by atoms with van der Waals surface area (Å²) in [6, 6.07) is 3.61. The minimum Gasteiger partial charge on any atom is -0.316 e. The summed E-state index contributed by atoms with van der Waals surface area (Å²) in [5, 5.41) is 3.24. The van der Waals surface area contributed by atoms with Gasteiger partial charge in [0.2, 0.25) is 0 Å². The van der Waals surface area contributed by atoms with Crippen LogP contribution < -0.4 is 5.32 Å². The summed E-state index contributed by atoms with van der Waals surface area (Å²) in [6.07, 6.45) is 2.09. The van der Waals surface area contributed by atoms with Crippen LogP contribution in [0.15, 0.2) is 12.1 Å². The Morgan fingerprint density at radius 1 is 1.57 bits per heavy atom. The zero-order valence-corrected chi connectivity index (χ0v) is 9.33. The predicted octanol–water partition coefficient (Wildman–Crippen LogP) is 2.58. The lowest BCUT2D eigenvalue weighted by Crippen LogP contribution is -2.34. The first kappa shape index (κ1) is 10.1. The Hall–Kier alpha value is -0.380. The van der Waals surface area contributed by atoms with Crippen LogP contribution in [0.4, 0.5) is 0 Å². The van der Waals surface area contributed by atoms with Crippen LogP contribution in [0.25, 0.3) is 0 Å². The van der Waals surface area contributed by atoms with Crippen molar-refractivity contribution in [2.45, 2.75) is 12.8 Å². The lowest BCUT2D eigenvalue weighted by atomic mass is 9.94. The zero-order valence-electron chi connectivity index (χ0n) is 7.75. The fraction of sp³-hybridized carbons (Fsp3) is 0.500. The van der Waals surface area contributed by atoms with Crippen LogP contribution in [0.1, 0.15) is 22.5 Å². The number of Topliss-reactive ketones (excluding diaryl/α,β-unsaturated/α-hetero) is 1. The van der Waals surface area contributed by atoms with E-state index in [2.05, 4.69) is 5.32 Å². The maximum atomic E-state index is 11.9. The van der Waals surface area contributed by atoms with Gasteiger partial charge in [-0.1, -0.05) is 11.6 Å². The highest BCUT2D eigenvalue weighted by atomic mass is 35.5. The third-order valence-corrected chi connectivity index (χ3v) is 3.73. The third kappa shape index (κ3) is 2.16. The molecule has 0 aliphatic carbocycles. The van der Waals surface area contributed by atoms with Gasteiger partial charge >= 0.3 is 0 Å². The number of carbonyl (C=O) groups excluding carboxylic acids is 1. The van der Waals surface area contributed by atoms with Crippen molar-refractivity contribution < 1.29 is 4.79 Å². The lowest BCUT2D eigenvalue weighted by molar-refractivity contribution is 0.0904. The molecule has 1 aromatic rings. The Balaban J connectivity index is 2.07. The van der Waals surface area contributed by atoms with Crippen molar-refractivity contribution in [3.05, 3.63) is 21.3 Å². The Morgan fingerprint density at radius 2 is 2.43 bits per heavy atom. The van der Waals surface area contributed by atoms with Gasteiger partial charge < -0.3 is 5.32 Å². The summed E-state index contributed by atoms with van der Waals surface area (Å²) in [5.41, 5.74) is 0. The largest absolute Gasteiger partial charge is 0.316 e. The molecule has 1 saturated heterocycles. The van der Waals surface area contributed by atoms with Crippen LogP contribution in [-0.4, -0.2) is 18.9 Å². The van der Waals surface area contributed by atoms with E-state index in [1.807, 2.05) is 6.07 Å². The van der Waals surface area contributed by atoms with Gasteiger partial charge in [0, 0.05) is 12.5 Å². The monoisotopic (exact) mass is 229 g/mol. The number of hydrogen-bond donors (Lipinski definition) is 1. The maximum absolute atomic E-state index is 11.9. The Bertz CT molecular complexity index is 331. The van der Waals surface area contributed by atoms with Crippen molar-refractivity contribution >= 4 is 28.7 Å². The molecule has 2 rings (SSSR count). The summed E-state index contributed by atoms with van der Waals surface area (Å²) >= 11 is 7.17. The molecule has 0 bridgehead atoms. The zero-order chi connectivity index (χ0) is 9.97. The van der Waals surface area contributed by atoms with Gasteiger partial charge in [0.15, 0.2) is 5.78 Å². The molecule has 1 aliphatic rings. The molecule has 1 fully saturated rings. The van der Waals surface area contributed by atoms with Crippen molar-refractivity contribution in [2.75, 3.05) is 13.1 Å². The third-order valence-electron chi connectivity index (χ3n) is 2.48. The number of piperidine rings is 1. The van der Waals surface area contributed by atoms with Crippen LogP contribution in [-0.2, 0) is 0 Å². The van der Waals surface area contributed by atoms with Crippen molar-refractivity contribution in [1.82, 2.24) is 5.32 Å². The number of nitrogens with one attached hydrogen (secondary N) is 1. The normalized spacial score (nSPS) is 22.2. The Labute approximate surface area is 92.3 Å². The van der Waals surface area contributed by atoms with Gasteiger partial charge in [-0.25, -0.2) is 0 Å². The van der Waals surface area contributed by atoms with Crippen LogP contribution in [0.5, 0.6) is 0 Å². The summed E-state index contributed by atoms with van der Waals surface area (Å²) in [6.45, 7) is 1.85. The minimum atomic E-state index is 0.151. The van der Waals surface area contributed by atoms with E-state index >= 15 is 0 Å². The molecule has 0 amide bonds. The van der Waals surface area contributed by atoms with Gasteiger partial charge in [0.1, 0.15) is 0 Å². The molecule has 4 heteroatoms. The number of halogens is 1. The molecular weight excluding hydrogens is 218 g/mol. The number of thiophene rings is 1. The highest BCUT2D eigenvalue weighted by Crippen LogP contribution is 2.25. The van der Waals surface area contributed by atoms with E-state index < -0.39 is 0 Å². The van der Waals surface area contributed by atoms with E-state index in [4.69, 9.17) is 11.6 Å². The SMILES string of the molecule is O=C(c1ccc(Cl)s1)C1CCCNC1. The summed E-state index contributed by atoms with van der Waals surface area (Å²) in [7, 11) is 0. The Morgan fingerprint density at radius 3 is 3.00 bits per heavy atom. The molecule has 14 heavy (non-hydrogen) atoms. The molecule has 2 heterocycles. The molecule has 0 spiro atoms. The molecule has 1 aromatic heterocycles. The predicted molar refractivity (Wildman–Crippen MR) is 59.3 cm³/mol. The molecule has 2 nitrogen and oxygen atoms in total. The van der Waals surface area contributed by atoms with Crippen LogP contribution in [0.3, 0.4) is 0 Å². The number of hydrogen-bond acceptors (Lipinski definition) is 3. The van der Waals surface area contributed by atoms with Crippen molar-refractivity contribution in [3.8, 4) is 0 Å². The molecule has 0 radical (unpaired) electrons. The van der Waals surface area contributed by atoms with Gasteiger partial charge in [-0.2, -0.15) is 0 Å². The average Bonchev–Trinajstić information content (AvgIpc) is 2.65. The second-order valence-corrected chi connectivity index (χ2v) is 5.23. The summed E-state index contributed by atoms with van der Waals surface area (Å²) < 4.78 is 0.692. The van der Waals surface area contributed by atoms with Gasteiger partial charge in [-0.15, -0.1) is 11.3 Å². The molecule has 1 unspecified atom stereocenters. The second kappa shape index (κ2) is 4.43. The van der Waals surface area contributed by atoms with E-state index in [0.29, 0.717) is 4.34 Å². The maximum Gasteiger partial charge on any atom is 0.177 e. The topological polar surface area (TPSA) is 29.1 Å². The second-order valence-electron chi connectivity index (χ2n) is 3.51. The van der Waals surface area contributed by atoms with Gasteiger partial charge in [-0.05, 0) is 31.5 Å². The smallest absolute Gasteiger partial charge is 0.177 e.